The molecular weight excluding hydrogens is 320 g/mol. The van der Waals surface area contributed by atoms with E-state index in [9.17, 15) is 14.7 Å². The van der Waals surface area contributed by atoms with Gasteiger partial charge in [0.1, 0.15) is 5.75 Å². The monoisotopic (exact) mass is 334 g/mol. The number of hydrogen-bond donors (Lipinski definition) is 2. The average Bonchev–Trinajstić information content (AvgIpc) is 2.55. The molecule has 1 amide bonds. The minimum absolute atomic E-state index is 0.133. The number of aromatic nitrogens is 2. The molecule has 0 spiro atoms. The molecule has 0 aliphatic carbocycles. The topological polar surface area (TPSA) is 89.5 Å². The van der Waals surface area contributed by atoms with Crippen molar-refractivity contribution in [2.24, 2.45) is 0 Å². The van der Waals surface area contributed by atoms with Gasteiger partial charge in [0.25, 0.3) is 11.5 Å². The van der Waals surface area contributed by atoms with Crippen molar-refractivity contribution >= 4 is 23.3 Å². The zero-order valence-electron chi connectivity index (χ0n) is 12.2. The normalized spacial score (nSPS) is 14.8. The molecule has 1 aromatic heterocycles. The molecule has 1 fully saturated rings. The Bertz CT molecular complexity index is 784. The number of nitrogens with zero attached hydrogens (tertiary/aromatic N) is 3. The lowest BCUT2D eigenvalue weighted by molar-refractivity contribution is 0.0743. The quantitative estimate of drug-likeness (QED) is 0.858. The minimum atomic E-state index is -0.256. The summed E-state index contributed by atoms with van der Waals surface area (Å²) in [6.07, 6.45) is 3.01. The molecule has 1 saturated heterocycles. The number of anilines is 1. The van der Waals surface area contributed by atoms with Crippen LogP contribution >= 0.6 is 11.6 Å². The number of rotatable bonds is 2. The number of phenolic OH excluding ortho intramolecular Hbond substituents is 1. The first kappa shape index (κ1) is 15.4. The summed E-state index contributed by atoms with van der Waals surface area (Å²) in [5.74, 6) is -0.0335. The van der Waals surface area contributed by atoms with E-state index in [1.165, 1.54) is 24.5 Å². The highest BCUT2D eigenvalue weighted by Crippen LogP contribution is 2.23. The lowest BCUT2D eigenvalue weighted by atomic mass is 10.1. The largest absolute Gasteiger partial charge is 0.507 e. The van der Waals surface area contributed by atoms with Crippen LogP contribution in [0.2, 0.25) is 5.02 Å². The average molecular weight is 335 g/mol. The first-order valence-electron chi connectivity index (χ1n) is 7.12. The number of amides is 1. The molecule has 0 atom stereocenters. The number of H-pyrrole nitrogens is 1. The summed E-state index contributed by atoms with van der Waals surface area (Å²) in [5.41, 5.74) is -0.0267. The molecule has 2 aromatic rings. The molecular formula is C15H15ClN4O3. The Morgan fingerprint density at radius 1 is 1.26 bits per heavy atom. The Morgan fingerprint density at radius 2 is 2.00 bits per heavy atom. The summed E-state index contributed by atoms with van der Waals surface area (Å²) >= 11 is 5.78. The van der Waals surface area contributed by atoms with Gasteiger partial charge in [0.15, 0.2) is 5.82 Å². The number of carbonyl (C=O) groups is 1. The van der Waals surface area contributed by atoms with Crippen LogP contribution in [0.25, 0.3) is 0 Å². The van der Waals surface area contributed by atoms with Crippen LogP contribution in [0.3, 0.4) is 0 Å². The van der Waals surface area contributed by atoms with Gasteiger partial charge in [-0.2, -0.15) is 0 Å². The summed E-state index contributed by atoms with van der Waals surface area (Å²) in [6, 6.07) is 4.42. The highest BCUT2D eigenvalue weighted by molar-refractivity contribution is 6.30. The van der Waals surface area contributed by atoms with Gasteiger partial charge in [0.05, 0.1) is 5.56 Å². The number of phenols is 1. The molecule has 0 bridgehead atoms. The Kier molecular flexibility index (Phi) is 4.20. The zero-order chi connectivity index (χ0) is 16.4. The number of halogens is 1. The van der Waals surface area contributed by atoms with Gasteiger partial charge in [-0.1, -0.05) is 11.6 Å². The maximum atomic E-state index is 12.5. The van der Waals surface area contributed by atoms with Crippen LogP contribution in [0.4, 0.5) is 5.82 Å². The molecule has 3 rings (SSSR count). The third kappa shape index (κ3) is 3.14. The van der Waals surface area contributed by atoms with Crippen molar-refractivity contribution in [2.75, 3.05) is 31.1 Å². The van der Waals surface area contributed by atoms with Gasteiger partial charge in [-0.05, 0) is 18.2 Å². The number of piperazine rings is 1. The number of nitrogens with one attached hydrogen (secondary N) is 1. The van der Waals surface area contributed by atoms with Gasteiger partial charge in [0.2, 0.25) is 0 Å². The van der Waals surface area contributed by atoms with Crippen molar-refractivity contribution < 1.29 is 9.90 Å². The second-order valence-electron chi connectivity index (χ2n) is 5.18. The number of aromatic amines is 1. The fourth-order valence-electron chi connectivity index (χ4n) is 2.55. The third-order valence-electron chi connectivity index (χ3n) is 3.75. The Balaban J connectivity index is 1.70. The molecule has 23 heavy (non-hydrogen) atoms. The second-order valence-corrected chi connectivity index (χ2v) is 5.62. The molecule has 1 aliphatic rings. The number of aromatic hydroxyl groups is 1. The summed E-state index contributed by atoms with van der Waals surface area (Å²) in [6.45, 7) is 1.88. The van der Waals surface area contributed by atoms with E-state index in [1.54, 1.807) is 11.0 Å². The van der Waals surface area contributed by atoms with E-state index < -0.39 is 0 Å². The first-order valence-corrected chi connectivity index (χ1v) is 7.50. The van der Waals surface area contributed by atoms with Crippen molar-refractivity contribution in [1.82, 2.24) is 14.9 Å². The van der Waals surface area contributed by atoms with Gasteiger partial charge in [-0.15, -0.1) is 0 Å². The highest BCUT2D eigenvalue weighted by Gasteiger charge is 2.25. The van der Waals surface area contributed by atoms with Crippen LogP contribution in [0.15, 0.2) is 35.4 Å². The van der Waals surface area contributed by atoms with Gasteiger partial charge >= 0.3 is 0 Å². The molecule has 2 heterocycles. The maximum absolute atomic E-state index is 12.5. The smallest absolute Gasteiger partial charge is 0.290 e. The van der Waals surface area contributed by atoms with Crippen molar-refractivity contribution in [3.8, 4) is 5.75 Å². The van der Waals surface area contributed by atoms with E-state index in [1.807, 2.05) is 4.90 Å². The Hall–Kier alpha value is -2.54. The molecule has 120 valence electrons. The predicted molar refractivity (Wildman–Crippen MR) is 86.1 cm³/mol. The van der Waals surface area contributed by atoms with Gasteiger partial charge < -0.3 is 19.9 Å². The van der Waals surface area contributed by atoms with E-state index in [-0.39, 0.29) is 22.8 Å². The predicted octanol–water partition coefficient (Wildman–Crippen LogP) is 1.09. The number of hydrogen-bond acceptors (Lipinski definition) is 5. The first-order chi connectivity index (χ1) is 11.1. The number of carbonyl (C=O) groups excluding carboxylic acids is 1. The van der Waals surface area contributed by atoms with Crippen LogP contribution in [-0.4, -0.2) is 52.1 Å². The molecule has 0 saturated carbocycles. The van der Waals surface area contributed by atoms with Crippen molar-refractivity contribution in [2.45, 2.75) is 0 Å². The minimum Gasteiger partial charge on any atom is -0.507 e. The molecule has 2 N–H and O–H groups in total. The molecule has 7 nitrogen and oxygen atoms in total. The van der Waals surface area contributed by atoms with Crippen LogP contribution in [-0.2, 0) is 0 Å². The van der Waals surface area contributed by atoms with Crippen LogP contribution in [0.5, 0.6) is 5.75 Å². The highest BCUT2D eigenvalue weighted by atomic mass is 35.5. The standard InChI is InChI=1S/C15H15ClN4O3/c16-10-1-2-11(12(21)9-10)15(23)20-7-5-19(6-8-20)13-14(22)18-4-3-17-13/h1-4,9,21H,5-8H2,(H,18,22). The molecule has 0 radical (unpaired) electrons. The van der Waals surface area contributed by atoms with Crippen molar-refractivity contribution in [3.05, 3.63) is 51.5 Å². The lowest BCUT2D eigenvalue weighted by Crippen LogP contribution is -2.50. The summed E-state index contributed by atoms with van der Waals surface area (Å²) in [7, 11) is 0. The van der Waals surface area contributed by atoms with Crippen LogP contribution < -0.4 is 10.5 Å². The van der Waals surface area contributed by atoms with E-state index in [0.29, 0.717) is 37.0 Å². The van der Waals surface area contributed by atoms with E-state index in [4.69, 9.17) is 11.6 Å². The molecule has 1 aliphatic heterocycles. The van der Waals surface area contributed by atoms with Crippen LogP contribution in [0, 0.1) is 0 Å². The molecule has 0 unspecified atom stereocenters. The number of benzene rings is 1. The second kappa shape index (κ2) is 6.29. The van der Waals surface area contributed by atoms with Crippen molar-refractivity contribution in [3.63, 3.8) is 0 Å². The third-order valence-corrected chi connectivity index (χ3v) is 3.98. The molecule has 8 heteroatoms. The van der Waals surface area contributed by atoms with Gasteiger partial charge in [-0.25, -0.2) is 4.98 Å². The fourth-order valence-corrected chi connectivity index (χ4v) is 2.71. The lowest BCUT2D eigenvalue weighted by Gasteiger charge is -2.35. The SMILES string of the molecule is O=C(c1ccc(Cl)cc1O)N1CCN(c2ncc[nH]c2=O)CC1. The summed E-state index contributed by atoms with van der Waals surface area (Å²) in [5, 5.41) is 10.2. The molecule has 1 aromatic carbocycles. The Labute approximate surface area is 137 Å². The maximum Gasteiger partial charge on any atom is 0.290 e. The summed E-state index contributed by atoms with van der Waals surface area (Å²) < 4.78 is 0. The fraction of sp³-hybridized carbons (Fsp3) is 0.267. The zero-order valence-corrected chi connectivity index (χ0v) is 13.0. The van der Waals surface area contributed by atoms with Gasteiger partial charge in [0, 0.05) is 43.6 Å². The Morgan fingerprint density at radius 3 is 2.65 bits per heavy atom. The van der Waals surface area contributed by atoms with E-state index in [0.717, 1.165) is 0 Å². The van der Waals surface area contributed by atoms with Crippen molar-refractivity contribution in [1.29, 1.82) is 0 Å². The van der Waals surface area contributed by atoms with E-state index >= 15 is 0 Å². The van der Waals surface area contributed by atoms with Gasteiger partial charge in [-0.3, -0.25) is 9.59 Å². The van der Waals surface area contributed by atoms with E-state index in [2.05, 4.69) is 9.97 Å². The van der Waals surface area contributed by atoms with Crippen LogP contribution in [0.1, 0.15) is 10.4 Å². The summed E-state index contributed by atoms with van der Waals surface area (Å²) in [4.78, 5) is 34.3.